The molecule has 1 aromatic heterocycles. The van der Waals surface area contributed by atoms with Crippen LogP contribution in [0.3, 0.4) is 0 Å². The molecule has 4 nitrogen and oxygen atoms in total. The Hall–Kier alpha value is -1.20. The molecule has 10 atom stereocenters. The van der Waals surface area contributed by atoms with Crippen LogP contribution in [0.2, 0.25) is 0 Å². The molecule has 0 aromatic carbocycles. The standard InChI is InChI=1S/C29H43FN2O2/c1-27(34)12-13-28(2)19(15-27)4-6-21-22-7-8-24(29(22,3)11-10-23(21)28)26(33)17-32-16-18-14-20(30)5-9-25(18)31-32/h5,9,16,19-24,26,33-34H,4,6-8,10-15,17H2,1-3H3/t19-,20?,21?,22-,23-,24+,26?,27+,28-,29?/m0/s1. The summed E-state index contributed by atoms with van der Waals surface area (Å²) in [5.41, 5.74) is 1.90. The molecule has 6 rings (SSSR count). The Morgan fingerprint density at radius 2 is 1.85 bits per heavy atom. The van der Waals surface area contributed by atoms with Crippen LogP contribution in [0, 0.1) is 40.4 Å². The summed E-state index contributed by atoms with van der Waals surface area (Å²) >= 11 is 0. The molecule has 1 heterocycles. The second-order valence-electron chi connectivity index (χ2n) is 13.5. The highest BCUT2D eigenvalue weighted by Gasteiger charge is 2.61. The van der Waals surface area contributed by atoms with Gasteiger partial charge >= 0.3 is 0 Å². The second-order valence-corrected chi connectivity index (χ2v) is 13.5. The van der Waals surface area contributed by atoms with Crippen molar-refractivity contribution in [1.82, 2.24) is 9.78 Å². The van der Waals surface area contributed by atoms with E-state index in [9.17, 15) is 14.6 Å². The number of aliphatic hydroxyl groups is 2. The van der Waals surface area contributed by atoms with Crippen LogP contribution in [-0.4, -0.2) is 37.9 Å². The number of hydrogen-bond donors (Lipinski definition) is 2. The summed E-state index contributed by atoms with van der Waals surface area (Å²) in [4.78, 5) is 0. The molecule has 0 bridgehead atoms. The van der Waals surface area contributed by atoms with Gasteiger partial charge in [-0.1, -0.05) is 13.8 Å². The molecule has 5 heteroatoms. The summed E-state index contributed by atoms with van der Waals surface area (Å²) in [6.07, 6.45) is 14.8. The quantitative estimate of drug-likeness (QED) is 0.608. The fraction of sp³-hybridized carbons (Fsp3) is 0.828. The third-order valence-corrected chi connectivity index (χ3v) is 11.6. The number of halogens is 1. The van der Waals surface area contributed by atoms with Crippen LogP contribution in [0.5, 0.6) is 0 Å². The number of aliphatic hydroxyl groups excluding tert-OH is 1. The Labute approximate surface area is 204 Å². The van der Waals surface area contributed by atoms with Crippen LogP contribution < -0.4 is 0 Å². The minimum atomic E-state index is -0.924. The highest BCUT2D eigenvalue weighted by Crippen LogP contribution is 2.68. The van der Waals surface area contributed by atoms with Gasteiger partial charge in [0.05, 0.1) is 23.9 Å². The van der Waals surface area contributed by atoms with E-state index in [-0.39, 0.29) is 5.41 Å². The Bertz CT molecular complexity index is 971. The molecule has 0 spiro atoms. The van der Waals surface area contributed by atoms with Gasteiger partial charge < -0.3 is 10.2 Å². The van der Waals surface area contributed by atoms with Gasteiger partial charge in [-0.3, -0.25) is 4.68 Å². The van der Waals surface area contributed by atoms with E-state index in [0.29, 0.717) is 36.1 Å². The Morgan fingerprint density at radius 3 is 2.68 bits per heavy atom. The van der Waals surface area contributed by atoms with Gasteiger partial charge in [0.1, 0.15) is 6.17 Å². The average molecular weight is 471 g/mol. The predicted octanol–water partition coefficient (Wildman–Crippen LogP) is 5.56. The van der Waals surface area contributed by atoms with Crippen LogP contribution in [0.15, 0.2) is 12.3 Å². The smallest absolute Gasteiger partial charge is 0.123 e. The van der Waals surface area contributed by atoms with Crippen molar-refractivity contribution in [2.45, 2.75) is 109 Å². The fourth-order valence-electron chi connectivity index (χ4n) is 9.77. The summed E-state index contributed by atoms with van der Waals surface area (Å²) in [7, 11) is 0. The summed E-state index contributed by atoms with van der Waals surface area (Å²) in [5.74, 6) is 3.21. The molecule has 188 valence electrons. The molecule has 4 saturated carbocycles. The zero-order valence-corrected chi connectivity index (χ0v) is 21.2. The van der Waals surface area contributed by atoms with Crippen molar-refractivity contribution in [2.24, 2.45) is 40.4 Å². The highest BCUT2D eigenvalue weighted by molar-refractivity contribution is 5.52. The van der Waals surface area contributed by atoms with Gasteiger partial charge in [0.2, 0.25) is 0 Å². The molecular formula is C29H43FN2O2. The van der Waals surface area contributed by atoms with Crippen LogP contribution in [-0.2, 0) is 13.0 Å². The minimum absolute atomic E-state index is 0.195. The number of nitrogens with zero attached hydrogens (tertiary/aromatic N) is 2. The van der Waals surface area contributed by atoms with Gasteiger partial charge in [-0.25, -0.2) is 4.39 Å². The molecule has 1 aromatic rings. The molecule has 0 saturated heterocycles. The normalized spacial score (nSPS) is 48.5. The Balaban J connectivity index is 1.18. The van der Waals surface area contributed by atoms with Crippen LogP contribution in [0.25, 0.3) is 6.08 Å². The van der Waals surface area contributed by atoms with Crippen LogP contribution in [0.4, 0.5) is 4.39 Å². The van der Waals surface area contributed by atoms with E-state index in [1.54, 1.807) is 12.2 Å². The largest absolute Gasteiger partial charge is 0.391 e. The van der Waals surface area contributed by atoms with Crippen LogP contribution >= 0.6 is 0 Å². The van der Waals surface area contributed by atoms with Crippen molar-refractivity contribution < 1.29 is 14.6 Å². The van der Waals surface area contributed by atoms with E-state index in [2.05, 4.69) is 18.9 Å². The summed E-state index contributed by atoms with van der Waals surface area (Å²) in [6.45, 7) is 7.57. The second kappa shape index (κ2) is 7.90. The van der Waals surface area contributed by atoms with E-state index in [1.165, 1.54) is 38.5 Å². The number of hydrogen-bond acceptors (Lipinski definition) is 3. The summed E-state index contributed by atoms with van der Waals surface area (Å²) in [5, 5.41) is 26.8. The lowest BCUT2D eigenvalue weighted by atomic mass is 9.44. The maximum atomic E-state index is 13.7. The zero-order chi connectivity index (χ0) is 23.9. The predicted molar refractivity (Wildman–Crippen MR) is 132 cm³/mol. The van der Waals surface area contributed by atoms with Crippen molar-refractivity contribution in [3.05, 3.63) is 23.5 Å². The first kappa shape index (κ1) is 23.2. The molecule has 0 aliphatic heterocycles. The maximum absolute atomic E-state index is 13.7. The van der Waals surface area contributed by atoms with Crippen molar-refractivity contribution in [1.29, 1.82) is 0 Å². The van der Waals surface area contributed by atoms with Gasteiger partial charge in [0.25, 0.3) is 0 Å². The zero-order valence-electron chi connectivity index (χ0n) is 21.2. The molecule has 4 unspecified atom stereocenters. The van der Waals surface area contributed by atoms with Gasteiger partial charge in [-0.15, -0.1) is 0 Å². The van der Waals surface area contributed by atoms with E-state index in [1.807, 2.05) is 17.8 Å². The first-order chi connectivity index (χ1) is 16.1. The molecule has 34 heavy (non-hydrogen) atoms. The number of aromatic nitrogens is 2. The molecule has 0 amide bonds. The molecule has 5 aliphatic rings. The monoisotopic (exact) mass is 470 g/mol. The topological polar surface area (TPSA) is 58.3 Å². The molecule has 0 radical (unpaired) electrons. The van der Waals surface area contributed by atoms with E-state index >= 15 is 0 Å². The lowest BCUT2D eigenvalue weighted by Gasteiger charge is -2.62. The van der Waals surface area contributed by atoms with Gasteiger partial charge in [-0.05, 0) is 117 Å². The van der Waals surface area contributed by atoms with E-state index in [0.717, 1.165) is 42.4 Å². The number of allylic oxidation sites excluding steroid dienone is 1. The maximum Gasteiger partial charge on any atom is 0.123 e. The summed E-state index contributed by atoms with van der Waals surface area (Å²) in [6, 6.07) is 0. The van der Waals surface area contributed by atoms with Crippen molar-refractivity contribution in [2.75, 3.05) is 0 Å². The Morgan fingerprint density at radius 1 is 1.06 bits per heavy atom. The van der Waals surface area contributed by atoms with Crippen LogP contribution in [0.1, 0.15) is 89.8 Å². The van der Waals surface area contributed by atoms with Gasteiger partial charge in [-0.2, -0.15) is 5.10 Å². The van der Waals surface area contributed by atoms with Gasteiger partial charge in [0, 0.05) is 18.2 Å². The molecule has 4 fully saturated rings. The third kappa shape index (κ3) is 3.55. The number of fused-ring (bicyclic) bond motifs is 6. The third-order valence-electron chi connectivity index (χ3n) is 11.6. The fourth-order valence-corrected chi connectivity index (χ4v) is 9.77. The van der Waals surface area contributed by atoms with Crippen molar-refractivity contribution in [3.63, 3.8) is 0 Å². The van der Waals surface area contributed by atoms with Crippen molar-refractivity contribution >= 4 is 6.08 Å². The minimum Gasteiger partial charge on any atom is -0.391 e. The first-order valence-electron chi connectivity index (χ1n) is 13.9. The number of alkyl halides is 1. The lowest BCUT2D eigenvalue weighted by Crippen LogP contribution is -2.56. The lowest BCUT2D eigenvalue weighted by molar-refractivity contribution is -0.150. The summed E-state index contributed by atoms with van der Waals surface area (Å²) < 4.78 is 15.6. The highest BCUT2D eigenvalue weighted by atomic mass is 19.1. The molecule has 2 N–H and O–H groups in total. The first-order valence-corrected chi connectivity index (χ1v) is 13.9. The molecular weight excluding hydrogens is 427 g/mol. The van der Waals surface area contributed by atoms with Gasteiger partial charge in [0.15, 0.2) is 0 Å². The Kier molecular flexibility index (Phi) is 5.39. The van der Waals surface area contributed by atoms with E-state index < -0.39 is 17.9 Å². The van der Waals surface area contributed by atoms with Crippen molar-refractivity contribution in [3.8, 4) is 0 Å². The SMILES string of the molecule is CC12CC[C@H]3C(CC[C@H]4C[C@](C)(O)CC[C@@]43C)[C@@H]1CC[C@@H]2C(O)Cn1cc2c(n1)C=CC(F)C2. The molecule has 5 aliphatic carbocycles. The number of rotatable bonds is 3. The average Bonchev–Trinajstić information content (AvgIpc) is 3.33. The van der Waals surface area contributed by atoms with E-state index in [4.69, 9.17) is 0 Å².